The van der Waals surface area contributed by atoms with Gasteiger partial charge in [0.25, 0.3) is 0 Å². The predicted octanol–water partition coefficient (Wildman–Crippen LogP) is 2.90. The first-order valence-electron chi connectivity index (χ1n) is 7.29. The fraction of sp³-hybridized carbons (Fsp3) is 0.625. The second-order valence-corrected chi connectivity index (χ2v) is 5.20. The molecule has 0 aliphatic carbocycles. The highest BCUT2D eigenvalue weighted by Gasteiger charge is 2.27. The Morgan fingerprint density at radius 2 is 1.84 bits per heavy atom. The summed E-state index contributed by atoms with van der Waals surface area (Å²) in [6.07, 6.45) is 2.20. The van der Waals surface area contributed by atoms with Crippen molar-refractivity contribution in [3.63, 3.8) is 0 Å². The molecule has 0 aliphatic heterocycles. The van der Waals surface area contributed by atoms with Crippen LogP contribution < -0.4 is 10.5 Å². The lowest BCUT2D eigenvalue weighted by atomic mass is 9.96. The van der Waals surface area contributed by atoms with Crippen LogP contribution in [0.15, 0.2) is 30.3 Å². The number of hydrogen-bond donors (Lipinski definition) is 1. The van der Waals surface area contributed by atoms with Crippen molar-refractivity contribution >= 4 is 0 Å². The number of rotatable bonds is 9. The van der Waals surface area contributed by atoms with Crippen LogP contribution >= 0.6 is 0 Å². The Hall–Kier alpha value is -1.06. The van der Waals surface area contributed by atoms with Gasteiger partial charge >= 0.3 is 0 Å². The third kappa shape index (κ3) is 4.84. The van der Waals surface area contributed by atoms with Gasteiger partial charge in [-0.05, 0) is 38.4 Å². The summed E-state index contributed by atoms with van der Waals surface area (Å²) in [5, 5.41) is 0. The lowest BCUT2D eigenvalue weighted by Crippen LogP contribution is -2.52. The number of hydrogen-bond acceptors (Lipinski definition) is 3. The molecule has 0 spiro atoms. The highest BCUT2D eigenvalue weighted by atomic mass is 16.5. The maximum atomic E-state index is 5.95. The monoisotopic (exact) mass is 264 g/mol. The Morgan fingerprint density at radius 1 is 1.16 bits per heavy atom. The van der Waals surface area contributed by atoms with Crippen LogP contribution in [0.25, 0.3) is 0 Å². The molecule has 0 fully saturated rings. The smallest absolute Gasteiger partial charge is 0.119 e. The molecule has 1 rings (SSSR count). The maximum Gasteiger partial charge on any atom is 0.119 e. The van der Waals surface area contributed by atoms with Crippen LogP contribution in [0.3, 0.4) is 0 Å². The topological polar surface area (TPSA) is 38.5 Å². The van der Waals surface area contributed by atoms with Gasteiger partial charge in [0, 0.05) is 18.6 Å². The number of para-hydroxylation sites is 1. The molecule has 108 valence electrons. The lowest BCUT2D eigenvalue weighted by Gasteiger charge is -2.40. The SMILES string of the molecule is CCCN(CCOc1ccccc1)C(C)(CC)CN. The molecule has 3 nitrogen and oxygen atoms in total. The average Bonchev–Trinajstić information content (AvgIpc) is 2.46. The number of benzene rings is 1. The zero-order valence-corrected chi connectivity index (χ0v) is 12.6. The van der Waals surface area contributed by atoms with Crippen LogP contribution in [0.1, 0.15) is 33.6 Å². The van der Waals surface area contributed by atoms with Gasteiger partial charge in [0.2, 0.25) is 0 Å². The number of nitrogens with two attached hydrogens (primary N) is 1. The average molecular weight is 264 g/mol. The van der Waals surface area contributed by atoms with Gasteiger partial charge in [0.05, 0.1) is 0 Å². The summed E-state index contributed by atoms with van der Waals surface area (Å²) in [5.41, 5.74) is 6.03. The van der Waals surface area contributed by atoms with E-state index in [0.717, 1.165) is 31.7 Å². The summed E-state index contributed by atoms with van der Waals surface area (Å²) in [4.78, 5) is 2.45. The third-order valence-corrected chi connectivity index (χ3v) is 3.83. The normalized spacial score (nSPS) is 14.4. The van der Waals surface area contributed by atoms with E-state index in [1.807, 2.05) is 30.3 Å². The molecule has 2 N–H and O–H groups in total. The molecule has 0 bridgehead atoms. The Bertz CT molecular complexity index is 336. The zero-order valence-electron chi connectivity index (χ0n) is 12.6. The van der Waals surface area contributed by atoms with E-state index in [-0.39, 0.29) is 5.54 Å². The minimum atomic E-state index is 0.0794. The fourth-order valence-electron chi connectivity index (χ4n) is 2.21. The first-order chi connectivity index (χ1) is 9.16. The van der Waals surface area contributed by atoms with Crippen molar-refractivity contribution in [2.24, 2.45) is 5.73 Å². The second kappa shape index (κ2) is 8.18. The standard InChI is InChI=1S/C16H28N2O/c1-4-11-18(16(3,5-2)14-17)12-13-19-15-9-7-6-8-10-15/h6-10H,4-5,11-14,17H2,1-3H3. The Balaban J connectivity index is 2.50. The van der Waals surface area contributed by atoms with Crippen molar-refractivity contribution < 1.29 is 4.74 Å². The van der Waals surface area contributed by atoms with Crippen LogP contribution in [0, 0.1) is 0 Å². The molecule has 0 radical (unpaired) electrons. The molecule has 0 saturated heterocycles. The van der Waals surface area contributed by atoms with Crippen molar-refractivity contribution in [3.8, 4) is 5.75 Å². The van der Waals surface area contributed by atoms with E-state index in [0.29, 0.717) is 13.2 Å². The van der Waals surface area contributed by atoms with Crippen LogP contribution in [-0.2, 0) is 0 Å². The molecule has 1 unspecified atom stereocenters. The van der Waals surface area contributed by atoms with Crippen molar-refractivity contribution in [3.05, 3.63) is 30.3 Å². The van der Waals surface area contributed by atoms with Crippen molar-refractivity contribution in [2.75, 3.05) is 26.2 Å². The van der Waals surface area contributed by atoms with Gasteiger partial charge in [-0.2, -0.15) is 0 Å². The van der Waals surface area contributed by atoms with Crippen LogP contribution in [0.5, 0.6) is 5.75 Å². The summed E-state index contributed by atoms with van der Waals surface area (Å²) in [7, 11) is 0. The number of nitrogens with zero attached hydrogens (tertiary/aromatic N) is 1. The van der Waals surface area contributed by atoms with Crippen LogP contribution in [0.4, 0.5) is 0 Å². The van der Waals surface area contributed by atoms with E-state index in [1.165, 1.54) is 0 Å². The van der Waals surface area contributed by atoms with Crippen LogP contribution in [0.2, 0.25) is 0 Å². The molecule has 3 heteroatoms. The van der Waals surface area contributed by atoms with E-state index in [4.69, 9.17) is 10.5 Å². The molecule has 0 aromatic heterocycles. The largest absolute Gasteiger partial charge is 0.492 e. The summed E-state index contributed by atoms with van der Waals surface area (Å²) < 4.78 is 5.78. The summed E-state index contributed by atoms with van der Waals surface area (Å²) in [5.74, 6) is 0.935. The summed E-state index contributed by atoms with van der Waals surface area (Å²) >= 11 is 0. The van der Waals surface area contributed by atoms with Gasteiger partial charge in [-0.1, -0.05) is 32.0 Å². The highest BCUT2D eigenvalue weighted by molar-refractivity contribution is 5.20. The molecule has 0 saturated carbocycles. The maximum absolute atomic E-state index is 5.95. The minimum absolute atomic E-state index is 0.0794. The Kier molecular flexibility index (Phi) is 6.89. The van der Waals surface area contributed by atoms with Gasteiger partial charge in [0.15, 0.2) is 0 Å². The highest BCUT2D eigenvalue weighted by Crippen LogP contribution is 2.18. The van der Waals surface area contributed by atoms with E-state index in [9.17, 15) is 0 Å². The van der Waals surface area contributed by atoms with Crippen LogP contribution in [-0.4, -0.2) is 36.7 Å². The zero-order chi connectivity index (χ0) is 14.1. The third-order valence-electron chi connectivity index (χ3n) is 3.83. The Labute approximate surface area is 117 Å². The lowest BCUT2D eigenvalue weighted by molar-refractivity contribution is 0.0869. The first kappa shape index (κ1) is 16.0. The van der Waals surface area contributed by atoms with Crippen molar-refractivity contribution in [1.82, 2.24) is 4.90 Å². The van der Waals surface area contributed by atoms with E-state index in [1.54, 1.807) is 0 Å². The van der Waals surface area contributed by atoms with Crippen molar-refractivity contribution in [1.29, 1.82) is 0 Å². The van der Waals surface area contributed by atoms with Crippen molar-refractivity contribution in [2.45, 2.75) is 39.2 Å². The molecule has 19 heavy (non-hydrogen) atoms. The first-order valence-corrected chi connectivity index (χ1v) is 7.29. The van der Waals surface area contributed by atoms with E-state index >= 15 is 0 Å². The molecule has 1 atom stereocenters. The molecule has 1 aromatic rings. The summed E-state index contributed by atoms with van der Waals surface area (Å²) in [6.45, 7) is 10.0. The molecule has 1 aromatic carbocycles. The van der Waals surface area contributed by atoms with E-state index < -0.39 is 0 Å². The second-order valence-electron chi connectivity index (χ2n) is 5.20. The van der Waals surface area contributed by atoms with Gasteiger partial charge in [-0.25, -0.2) is 0 Å². The van der Waals surface area contributed by atoms with E-state index in [2.05, 4.69) is 25.7 Å². The molecular formula is C16H28N2O. The fourth-order valence-corrected chi connectivity index (χ4v) is 2.21. The minimum Gasteiger partial charge on any atom is -0.492 e. The number of ether oxygens (including phenoxy) is 1. The molecule has 0 aliphatic rings. The van der Waals surface area contributed by atoms with Gasteiger partial charge in [0.1, 0.15) is 12.4 Å². The molecule has 0 heterocycles. The quantitative estimate of drug-likeness (QED) is 0.745. The van der Waals surface area contributed by atoms with Gasteiger partial charge < -0.3 is 10.5 Å². The predicted molar refractivity (Wildman–Crippen MR) is 81.6 cm³/mol. The van der Waals surface area contributed by atoms with Gasteiger partial charge in [-0.15, -0.1) is 0 Å². The summed E-state index contributed by atoms with van der Waals surface area (Å²) in [6, 6.07) is 9.97. The Morgan fingerprint density at radius 3 is 2.37 bits per heavy atom. The molecular weight excluding hydrogens is 236 g/mol. The molecule has 0 amide bonds. The van der Waals surface area contributed by atoms with Gasteiger partial charge in [-0.3, -0.25) is 4.90 Å².